The molecular formula is C20H16O. The van der Waals surface area contributed by atoms with Crippen LogP contribution in [0.1, 0.15) is 5.56 Å². The molecule has 0 fully saturated rings. The number of aryl methyl sites for hydroxylation is 1. The number of fused-ring (bicyclic) bond motifs is 4. The number of hydrogen-bond donors (Lipinski definition) is 0. The fourth-order valence-electron chi connectivity index (χ4n) is 3.13. The van der Waals surface area contributed by atoms with E-state index in [2.05, 4.69) is 61.5 Å². The van der Waals surface area contributed by atoms with Gasteiger partial charge in [0, 0.05) is 0 Å². The zero-order valence-corrected chi connectivity index (χ0v) is 12.2. The Morgan fingerprint density at radius 2 is 1.38 bits per heavy atom. The summed E-state index contributed by atoms with van der Waals surface area (Å²) < 4.78 is 5.34. The molecule has 0 spiro atoms. The summed E-state index contributed by atoms with van der Waals surface area (Å²) >= 11 is 0. The molecule has 0 aliphatic carbocycles. The summed E-state index contributed by atoms with van der Waals surface area (Å²) in [7, 11) is 1.71. The summed E-state index contributed by atoms with van der Waals surface area (Å²) in [6.45, 7) is 2.18. The van der Waals surface area contributed by atoms with Crippen LogP contribution in [0.4, 0.5) is 0 Å². The van der Waals surface area contributed by atoms with Crippen molar-refractivity contribution in [2.45, 2.75) is 6.92 Å². The van der Waals surface area contributed by atoms with Crippen LogP contribution >= 0.6 is 0 Å². The monoisotopic (exact) mass is 272 g/mol. The molecule has 4 aromatic rings. The zero-order chi connectivity index (χ0) is 14.4. The van der Waals surface area contributed by atoms with E-state index in [1.54, 1.807) is 7.11 Å². The highest BCUT2D eigenvalue weighted by atomic mass is 16.5. The van der Waals surface area contributed by atoms with Crippen molar-refractivity contribution in [3.63, 3.8) is 0 Å². The van der Waals surface area contributed by atoms with Gasteiger partial charge in [-0.25, -0.2) is 0 Å². The van der Waals surface area contributed by atoms with Gasteiger partial charge >= 0.3 is 0 Å². The molecule has 0 heterocycles. The molecule has 0 amide bonds. The summed E-state index contributed by atoms with van der Waals surface area (Å²) in [6, 6.07) is 21.7. The van der Waals surface area contributed by atoms with Gasteiger partial charge in [0.25, 0.3) is 0 Å². The van der Waals surface area contributed by atoms with Gasteiger partial charge in [-0.15, -0.1) is 0 Å². The van der Waals surface area contributed by atoms with Gasteiger partial charge in [0.15, 0.2) is 0 Å². The number of ether oxygens (including phenoxy) is 1. The van der Waals surface area contributed by atoms with Crippen molar-refractivity contribution in [3.05, 3.63) is 66.2 Å². The first-order chi connectivity index (χ1) is 10.3. The Kier molecular flexibility index (Phi) is 2.61. The SMILES string of the molecule is COc1ccc2c(c1)cc(C)c1cc3ccccc3cc12. The van der Waals surface area contributed by atoms with E-state index in [4.69, 9.17) is 4.74 Å². The van der Waals surface area contributed by atoms with Gasteiger partial charge in [0.1, 0.15) is 5.75 Å². The van der Waals surface area contributed by atoms with E-state index in [-0.39, 0.29) is 0 Å². The van der Waals surface area contributed by atoms with E-state index >= 15 is 0 Å². The maximum absolute atomic E-state index is 5.34. The van der Waals surface area contributed by atoms with Crippen LogP contribution in [0, 0.1) is 6.92 Å². The van der Waals surface area contributed by atoms with Gasteiger partial charge in [-0.3, -0.25) is 0 Å². The van der Waals surface area contributed by atoms with E-state index in [0.717, 1.165) is 5.75 Å². The van der Waals surface area contributed by atoms with E-state index in [1.165, 1.54) is 37.9 Å². The highest BCUT2D eigenvalue weighted by Crippen LogP contribution is 2.33. The Hall–Kier alpha value is -2.54. The van der Waals surface area contributed by atoms with Gasteiger partial charge in [-0.2, -0.15) is 0 Å². The third kappa shape index (κ3) is 1.85. The van der Waals surface area contributed by atoms with Crippen LogP contribution in [-0.4, -0.2) is 7.11 Å². The minimum Gasteiger partial charge on any atom is -0.497 e. The number of benzene rings is 4. The molecule has 1 heteroatoms. The third-order valence-corrected chi connectivity index (χ3v) is 4.23. The molecule has 1 nitrogen and oxygen atoms in total. The second-order valence-corrected chi connectivity index (χ2v) is 5.53. The predicted molar refractivity (Wildman–Crippen MR) is 90.2 cm³/mol. The largest absolute Gasteiger partial charge is 0.497 e. The summed E-state index contributed by atoms with van der Waals surface area (Å²) in [4.78, 5) is 0. The van der Waals surface area contributed by atoms with Gasteiger partial charge in [-0.1, -0.05) is 36.4 Å². The second kappa shape index (κ2) is 4.49. The maximum Gasteiger partial charge on any atom is 0.119 e. The Morgan fingerprint density at radius 3 is 2.10 bits per heavy atom. The van der Waals surface area contributed by atoms with Gasteiger partial charge in [0.05, 0.1) is 7.11 Å². The minimum atomic E-state index is 0.905. The average molecular weight is 272 g/mol. The van der Waals surface area contributed by atoms with Crippen LogP contribution in [0.25, 0.3) is 32.3 Å². The lowest BCUT2D eigenvalue weighted by molar-refractivity contribution is 0.415. The molecule has 0 bridgehead atoms. The van der Waals surface area contributed by atoms with E-state index in [9.17, 15) is 0 Å². The van der Waals surface area contributed by atoms with Crippen LogP contribution in [0.2, 0.25) is 0 Å². The highest BCUT2D eigenvalue weighted by molar-refractivity contribution is 6.13. The van der Waals surface area contributed by atoms with Crippen LogP contribution in [0.15, 0.2) is 60.7 Å². The Balaban J connectivity index is 2.19. The Bertz CT molecular complexity index is 983. The van der Waals surface area contributed by atoms with Crippen molar-refractivity contribution < 1.29 is 4.74 Å². The molecule has 4 rings (SSSR count). The molecule has 4 aromatic carbocycles. The first-order valence-corrected chi connectivity index (χ1v) is 7.16. The highest BCUT2D eigenvalue weighted by Gasteiger charge is 2.06. The molecule has 0 aliphatic heterocycles. The van der Waals surface area contributed by atoms with E-state index in [1.807, 2.05) is 6.07 Å². The van der Waals surface area contributed by atoms with Crippen molar-refractivity contribution >= 4 is 32.3 Å². The lowest BCUT2D eigenvalue weighted by Gasteiger charge is -2.10. The van der Waals surface area contributed by atoms with E-state index < -0.39 is 0 Å². The fraction of sp³-hybridized carbons (Fsp3) is 0.100. The van der Waals surface area contributed by atoms with Crippen molar-refractivity contribution in [3.8, 4) is 5.75 Å². The minimum absolute atomic E-state index is 0.905. The summed E-state index contributed by atoms with van der Waals surface area (Å²) in [5, 5.41) is 7.73. The Morgan fingerprint density at radius 1 is 0.667 bits per heavy atom. The van der Waals surface area contributed by atoms with Crippen molar-refractivity contribution in [1.29, 1.82) is 0 Å². The molecule has 0 saturated heterocycles. The number of methoxy groups -OCH3 is 1. The molecular weight excluding hydrogens is 256 g/mol. The molecule has 0 radical (unpaired) electrons. The fourth-order valence-corrected chi connectivity index (χ4v) is 3.13. The molecule has 0 aromatic heterocycles. The Labute approximate surface area is 123 Å². The molecule has 0 unspecified atom stereocenters. The smallest absolute Gasteiger partial charge is 0.119 e. The van der Waals surface area contributed by atoms with Gasteiger partial charge in [-0.05, 0) is 69.1 Å². The molecule has 0 aliphatic rings. The topological polar surface area (TPSA) is 9.23 Å². The van der Waals surface area contributed by atoms with Crippen molar-refractivity contribution in [2.24, 2.45) is 0 Å². The summed E-state index contributed by atoms with van der Waals surface area (Å²) in [5.41, 5.74) is 1.30. The third-order valence-electron chi connectivity index (χ3n) is 4.23. The second-order valence-electron chi connectivity index (χ2n) is 5.53. The lowest BCUT2D eigenvalue weighted by Crippen LogP contribution is -1.86. The molecule has 0 N–H and O–H groups in total. The van der Waals surface area contributed by atoms with Crippen LogP contribution < -0.4 is 4.74 Å². The number of hydrogen-bond acceptors (Lipinski definition) is 1. The first-order valence-electron chi connectivity index (χ1n) is 7.16. The van der Waals surface area contributed by atoms with Gasteiger partial charge in [0.2, 0.25) is 0 Å². The van der Waals surface area contributed by atoms with E-state index in [0.29, 0.717) is 0 Å². The first kappa shape index (κ1) is 12.2. The van der Waals surface area contributed by atoms with Crippen molar-refractivity contribution in [2.75, 3.05) is 7.11 Å². The number of rotatable bonds is 1. The van der Waals surface area contributed by atoms with Gasteiger partial charge < -0.3 is 4.74 Å². The molecule has 0 atom stereocenters. The quantitative estimate of drug-likeness (QED) is 0.330. The van der Waals surface area contributed by atoms with Crippen LogP contribution in [0.5, 0.6) is 5.75 Å². The summed E-state index contributed by atoms with van der Waals surface area (Å²) in [5.74, 6) is 0.905. The average Bonchev–Trinajstić information content (AvgIpc) is 2.53. The summed E-state index contributed by atoms with van der Waals surface area (Å²) in [6.07, 6.45) is 0. The predicted octanol–water partition coefficient (Wildman–Crippen LogP) is 5.46. The normalized spacial score (nSPS) is 11.3. The standard InChI is InChI=1S/C20H16O/c1-13-9-16-10-17(21-2)7-8-18(16)20-12-15-6-4-3-5-14(15)11-19(13)20/h3-12H,1-2H3. The molecule has 0 saturated carbocycles. The zero-order valence-electron chi connectivity index (χ0n) is 12.2. The lowest BCUT2D eigenvalue weighted by atomic mass is 9.95. The van der Waals surface area contributed by atoms with Crippen LogP contribution in [-0.2, 0) is 0 Å². The van der Waals surface area contributed by atoms with Crippen molar-refractivity contribution in [1.82, 2.24) is 0 Å². The van der Waals surface area contributed by atoms with Crippen LogP contribution in [0.3, 0.4) is 0 Å². The molecule has 21 heavy (non-hydrogen) atoms. The maximum atomic E-state index is 5.34. The molecule has 102 valence electrons.